The highest BCUT2D eigenvalue weighted by atomic mass is 35.5. The summed E-state index contributed by atoms with van der Waals surface area (Å²) in [5.74, 6) is -1.55. The number of ether oxygens (including phenoxy) is 2. The summed E-state index contributed by atoms with van der Waals surface area (Å²) in [7, 11) is 0. The summed E-state index contributed by atoms with van der Waals surface area (Å²) < 4.78 is 37.1. The van der Waals surface area contributed by atoms with Crippen LogP contribution in [0.2, 0.25) is 5.02 Å². The lowest BCUT2D eigenvalue weighted by Gasteiger charge is -2.37. The predicted octanol–water partition coefficient (Wildman–Crippen LogP) is 3.06. The molecule has 7 nitrogen and oxygen atoms in total. The van der Waals surface area contributed by atoms with Gasteiger partial charge >= 0.3 is 0 Å². The van der Waals surface area contributed by atoms with Gasteiger partial charge in [0.25, 0.3) is 11.8 Å². The Balaban J connectivity index is 1.41. The molecule has 164 valence electrons. The number of carbonyl (C=O) groups excluding carboxylic acids is 2. The van der Waals surface area contributed by atoms with Crippen molar-refractivity contribution in [3.63, 3.8) is 0 Å². The van der Waals surface area contributed by atoms with Gasteiger partial charge in [0.2, 0.25) is 5.95 Å². The first-order valence-corrected chi connectivity index (χ1v) is 9.67. The number of amides is 2. The Hall–Kier alpha value is -3.20. The SMILES string of the molecule is Cc1cc(OCC(=O)NC2=CC(C)(NC(=O)COc3ccc(Cl)c(F)c3)C2)cnc1F. The molecule has 1 aliphatic rings. The summed E-state index contributed by atoms with van der Waals surface area (Å²) in [6.45, 7) is 2.76. The van der Waals surface area contributed by atoms with Crippen LogP contribution in [-0.4, -0.2) is 35.6 Å². The van der Waals surface area contributed by atoms with Crippen molar-refractivity contribution >= 4 is 23.4 Å². The lowest BCUT2D eigenvalue weighted by Crippen LogP contribution is -2.53. The maximum Gasteiger partial charge on any atom is 0.262 e. The van der Waals surface area contributed by atoms with Crippen LogP contribution in [0.5, 0.6) is 11.5 Å². The third-order valence-corrected chi connectivity index (χ3v) is 4.70. The first-order chi connectivity index (χ1) is 14.6. The largest absolute Gasteiger partial charge is 0.484 e. The number of nitrogens with zero attached hydrogens (tertiary/aromatic N) is 1. The fraction of sp³-hybridized carbons (Fsp3) is 0.286. The topological polar surface area (TPSA) is 89.6 Å². The monoisotopic (exact) mass is 451 g/mol. The number of aryl methyl sites for hydroxylation is 1. The molecule has 1 aromatic heterocycles. The summed E-state index contributed by atoms with van der Waals surface area (Å²) in [6, 6.07) is 5.35. The normalized spacial score (nSPS) is 17.3. The van der Waals surface area contributed by atoms with E-state index in [9.17, 15) is 18.4 Å². The average molecular weight is 452 g/mol. The van der Waals surface area contributed by atoms with E-state index >= 15 is 0 Å². The molecule has 0 bridgehead atoms. The van der Waals surface area contributed by atoms with Crippen molar-refractivity contribution in [1.29, 1.82) is 0 Å². The summed E-state index contributed by atoms with van der Waals surface area (Å²) in [5.41, 5.74) is 0.300. The highest BCUT2D eigenvalue weighted by Crippen LogP contribution is 2.28. The first kappa shape index (κ1) is 22.5. The number of aromatic nitrogens is 1. The lowest BCUT2D eigenvalue weighted by molar-refractivity contribution is -0.124. The van der Waals surface area contributed by atoms with E-state index in [2.05, 4.69) is 15.6 Å². The van der Waals surface area contributed by atoms with Gasteiger partial charge in [0.05, 0.1) is 16.8 Å². The number of pyridine rings is 1. The van der Waals surface area contributed by atoms with Gasteiger partial charge in [-0.15, -0.1) is 0 Å². The molecule has 0 fully saturated rings. The number of benzene rings is 1. The summed E-state index contributed by atoms with van der Waals surface area (Å²) in [6.07, 6.45) is 3.30. The summed E-state index contributed by atoms with van der Waals surface area (Å²) in [4.78, 5) is 27.6. The zero-order valence-corrected chi connectivity index (χ0v) is 17.6. The average Bonchev–Trinajstić information content (AvgIpc) is 2.68. The molecular weight excluding hydrogens is 432 g/mol. The molecule has 1 aromatic carbocycles. The second-order valence-corrected chi connectivity index (χ2v) is 7.70. The Bertz CT molecular complexity index is 1050. The molecular formula is C21H20ClF2N3O4. The Labute approximate surface area is 182 Å². The highest BCUT2D eigenvalue weighted by molar-refractivity contribution is 6.30. The van der Waals surface area contributed by atoms with Crippen molar-refractivity contribution < 1.29 is 27.8 Å². The van der Waals surface area contributed by atoms with Gasteiger partial charge in [-0.05, 0) is 38.1 Å². The predicted molar refractivity (Wildman–Crippen MR) is 109 cm³/mol. The number of hydrogen-bond donors (Lipinski definition) is 2. The van der Waals surface area contributed by atoms with Gasteiger partial charge in [-0.1, -0.05) is 11.6 Å². The maximum atomic E-state index is 13.4. The van der Waals surface area contributed by atoms with Crippen molar-refractivity contribution in [2.75, 3.05) is 13.2 Å². The van der Waals surface area contributed by atoms with Crippen LogP contribution in [0.25, 0.3) is 0 Å². The zero-order chi connectivity index (χ0) is 22.6. The fourth-order valence-corrected chi connectivity index (χ4v) is 3.07. The molecule has 31 heavy (non-hydrogen) atoms. The van der Waals surface area contributed by atoms with E-state index in [0.717, 1.165) is 6.07 Å². The van der Waals surface area contributed by atoms with E-state index in [1.807, 2.05) is 0 Å². The number of nitrogens with one attached hydrogen (secondary N) is 2. The van der Waals surface area contributed by atoms with Crippen LogP contribution in [0.3, 0.4) is 0 Å². The van der Waals surface area contributed by atoms with Gasteiger partial charge in [-0.25, -0.2) is 9.37 Å². The second kappa shape index (κ2) is 9.30. The molecule has 0 spiro atoms. The van der Waals surface area contributed by atoms with Crippen LogP contribution in [0, 0.1) is 18.7 Å². The highest BCUT2D eigenvalue weighted by Gasteiger charge is 2.34. The van der Waals surface area contributed by atoms with Crippen molar-refractivity contribution in [2.24, 2.45) is 0 Å². The van der Waals surface area contributed by atoms with Crippen LogP contribution in [0.1, 0.15) is 18.9 Å². The van der Waals surface area contributed by atoms with Gasteiger partial charge in [-0.2, -0.15) is 4.39 Å². The van der Waals surface area contributed by atoms with Crippen LogP contribution in [-0.2, 0) is 9.59 Å². The minimum Gasteiger partial charge on any atom is -0.484 e. The lowest BCUT2D eigenvalue weighted by atomic mass is 9.84. The third kappa shape index (κ3) is 6.14. The maximum absolute atomic E-state index is 13.4. The van der Waals surface area contributed by atoms with Crippen molar-refractivity contribution in [1.82, 2.24) is 15.6 Å². The quantitative estimate of drug-likeness (QED) is 0.602. The minimum absolute atomic E-state index is 0.0339. The molecule has 3 rings (SSSR count). The minimum atomic E-state index is -0.646. The Kier molecular flexibility index (Phi) is 6.74. The Morgan fingerprint density at radius 3 is 2.52 bits per heavy atom. The van der Waals surface area contributed by atoms with E-state index in [-0.39, 0.29) is 29.7 Å². The molecule has 1 aliphatic carbocycles. The summed E-state index contributed by atoms with van der Waals surface area (Å²) in [5, 5.41) is 5.42. The number of carbonyl (C=O) groups is 2. The molecule has 0 aliphatic heterocycles. The molecule has 1 atom stereocenters. The van der Waals surface area contributed by atoms with Gasteiger partial charge in [0, 0.05) is 23.7 Å². The van der Waals surface area contributed by atoms with Crippen LogP contribution in [0.4, 0.5) is 8.78 Å². The van der Waals surface area contributed by atoms with Crippen molar-refractivity contribution in [3.05, 3.63) is 64.6 Å². The van der Waals surface area contributed by atoms with E-state index in [1.54, 1.807) is 19.9 Å². The third-order valence-electron chi connectivity index (χ3n) is 4.40. The molecule has 0 saturated heterocycles. The molecule has 2 aromatic rings. The molecule has 10 heteroatoms. The van der Waals surface area contributed by atoms with E-state index < -0.39 is 29.1 Å². The smallest absolute Gasteiger partial charge is 0.262 e. The molecule has 0 radical (unpaired) electrons. The zero-order valence-electron chi connectivity index (χ0n) is 16.8. The van der Waals surface area contributed by atoms with Gasteiger partial charge in [0.1, 0.15) is 17.3 Å². The molecule has 1 unspecified atom stereocenters. The van der Waals surface area contributed by atoms with Crippen LogP contribution >= 0.6 is 11.6 Å². The van der Waals surface area contributed by atoms with E-state index in [1.165, 1.54) is 24.4 Å². The van der Waals surface area contributed by atoms with Crippen molar-refractivity contribution in [3.8, 4) is 11.5 Å². The molecule has 0 saturated carbocycles. The van der Waals surface area contributed by atoms with Crippen molar-refractivity contribution in [2.45, 2.75) is 25.8 Å². The number of halogens is 3. The number of rotatable bonds is 8. The van der Waals surface area contributed by atoms with Gasteiger partial charge < -0.3 is 20.1 Å². The van der Waals surface area contributed by atoms with Gasteiger partial charge in [-0.3, -0.25) is 9.59 Å². The Morgan fingerprint density at radius 2 is 1.84 bits per heavy atom. The molecule has 2 amide bonds. The summed E-state index contributed by atoms with van der Waals surface area (Å²) >= 11 is 5.60. The molecule has 1 heterocycles. The Morgan fingerprint density at radius 1 is 1.16 bits per heavy atom. The fourth-order valence-electron chi connectivity index (χ4n) is 2.96. The van der Waals surface area contributed by atoms with Gasteiger partial charge in [0.15, 0.2) is 13.2 Å². The van der Waals surface area contributed by atoms with E-state index in [0.29, 0.717) is 17.7 Å². The van der Waals surface area contributed by atoms with Crippen LogP contribution in [0.15, 0.2) is 42.2 Å². The van der Waals surface area contributed by atoms with E-state index in [4.69, 9.17) is 21.1 Å². The first-order valence-electron chi connectivity index (χ1n) is 9.29. The standard InChI is InChI=1S/C21H20ClF2N3O4/c1-12-5-15(9-25-20(12)24)31-10-18(28)26-13-7-21(2,8-13)27-19(29)11-30-14-3-4-16(22)17(23)6-14/h3-7,9H,8,10-11H2,1-2H3,(H,26,28)(H,27,29). The van der Waals surface area contributed by atoms with Crippen LogP contribution < -0.4 is 20.1 Å². The second-order valence-electron chi connectivity index (χ2n) is 7.29. The molecule has 2 N–H and O–H groups in total. The number of hydrogen-bond acceptors (Lipinski definition) is 5.